The van der Waals surface area contributed by atoms with E-state index in [4.69, 9.17) is 4.74 Å². The summed E-state index contributed by atoms with van der Waals surface area (Å²) < 4.78 is 6.25. The molecule has 2 aromatic carbocycles. The molecule has 0 spiro atoms. The molecule has 0 unspecified atom stereocenters. The fourth-order valence-corrected chi connectivity index (χ4v) is 3.75. The zero-order valence-electron chi connectivity index (χ0n) is 14.5. The normalized spacial score (nSPS) is 16.0. The maximum Gasteiger partial charge on any atom is 0.239 e. The molecule has 1 saturated heterocycles. The Kier molecular flexibility index (Phi) is 6.11. The third kappa shape index (κ3) is 4.34. The number of hydrogen-bond donors (Lipinski definition) is 0. The van der Waals surface area contributed by atoms with Crippen LogP contribution < -0.4 is 4.74 Å². The van der Waals surface area contributed by atoms with Gasteiger partial charge in [-0.25, -0.2) is 0 Å². The topological polar surface area (TPSA) is 54.3 Å². The average Bonchev–Trinajstić information content (AvgIpc) is 2.97. The van der Waals surface area contributed by atoms with Gasteiger partial charge in [-0.3, -0.25) is 9.69 Å². The predicted octanol–water partition coefficient (Wildman–Crippen LogP) is 4.23. The molecule has 1 heterocycles. The van der Waals surface area contributed by atoms with Gasteiger partial charge in [0.2, 0.25) is 5.91 Å². The van der Waals surface area contributed by atoms with E-state index in [0.717, 1.165) is 21.2 Å². The lowest BCUT2D eigenvalue weighted by atomic mass is 10.1. The monoisotopic (exact) mass is 431 g/mol. The number of nitrogens with zero attached hydrogens (tertiary/aromatic N) is 3. The molecule has 0 bridgehead atoms. The van der Waals surface area contributed by atoms with Crippen LogP contribution >= 0.6 is 27.7 Å². The number of carbonyl (C=O) groups is 1. The van der Waals surface area contributed by atoms with E-state index >= 15 is 0 Å². The molecule has 1 aliphatic heterocycles. The Morgan fingerprint density at radius 3 is 2.88 bits per heavy atom. The third-order valence-electron chi connectivity index (χ3n) is 3.98. The van der Waals surface area contributed by atoms with Gasteiger partial charge in [-0.15, -0.1) is 5.10 Å². The number of benzene rings is 2. The van der Waals surface area contributed by atoms with Crippen molar-refractivity contribution in [2.24, 2.45) is 10.2 Å². The van der Waals surface area contributed by atoms with E-state index in [1.807, 2.05) is 49.4 Å². The zero-order valence-corrected chi connectivity index (χ0v) is 16.9. The van der Waals surface area contributed by atoms with Crippen LogP contribution in [0.1, 0.15) is 16.7 Å². The molecule has 2 aromatic rings. The second kappa shape index (κ2) is 8.51. The van der Waals surface area contributed by atoms with Crippen molar-refractivity contribution in [3.63, 3.8) is 0 Å². The summed E-state index contributed by atoms with van der Waals surface area (Å²) in [5.41, 5.74) is 3.07. The Labute approximate surface area is 165 Å². The molecule has 5 nitrogen and oxygen atoms in total. The van der Waals surface area contributed by atoms with Crippen LogP contribution in [0.5, 0.6) is 5.75 Å². The Balaban J connectivity index is 1.80. The summed E-state index contributed by atoms with van der Waals surface area (Å²) >= 11 is 4.84. The van der Waals surface area contributed by atoms with E-state index in [-0.39, 0.29) is 5.91 Å². The summed E-state index contributed by atoms with van der Waals surface area (Å²) in [6.07, 6.45) is 1.63. The Morgan fingerprint density at radius 2 is 2.12 bits per heavy atom. The number of rotatable bonds is 5. The van der Waals surface area contributed by atoms with Crippen LogP contribution in [0.3, 0.4) is 0 Å². The van der Waals surface area contributed by atoms with Crippen molar-refractivity contribution < 1.29 is 9.53 Å². The van der Waals surface area contributed by atoms with Crippen molar-refractivity contribution in [2.45, 2.75) is 13.5 Å². The number of amidine groups is 1. The van der Waals surface area contributed by atoms with Gasteiger partial charge in [-0.05, 0) is 36.2 Å². The highest BCUT2D eigenvalue weighted by molar-refractivity contribution is 9.10. The van der Waals surface area contributed by atoms with Gasteiger partial charge in [0.25, 0.3) is 0 Å². The first-order chi connectivity index (χ1) is 12.6. The molecule has 1 aliphatic rings. The van der Waals surface area contributed by atoms with Gasteiger partial charge in [-0.1, -0.05) is 52.0 Å². The highest BCUT2D eigenvalue weighted by Gasteiger charge is 2.28. The van der Waals surface area contributed by atoms with Crippen molar-refractivity contribution in [3.8, 4) is 5.75 Å². The summed E-state index contributed by atoms with van der Waals surface area (Å²) in [7, 11) is 1.61. The van der Waals surface area contributed by atoms with Gasteiger partial charge in [0.15, 0.2) is 5.17 Å². The first kappa shape index (κ1) is 18.7. The number of halogens is 1. The first-order valence-electron chi connectivity index (χ1n) is 8.00. The number of ether oxygens (including phenoxy) is 1. The van der Waals surface area contributed by atoms with Gasteiger partial charge < -0.3 is 4.74 Å². The fraction of sp³-hybridized carbons (Fsp3) is 0.211. The Morgan fingerprint density at radius 1 is 1.31 bits per heavy atom. The van der Waals surface area contributed by atoms with Crippen LogP contribution in [0, 0.1) is 6.92 Å². The summed E-state index contributed by atoms with van der Waals surface area (Å²) in [6.45, 7) is 2.55. The average molecular weight is 432 g/mol. The standard InChI is InChI=1S/C19H18BrN3O2S/c1-13-5-3-4-6-14(13)11-23-18(24)12-26-19(23)22-21-10-15-9-16(20)7-8-17(15)25-2/h3-10H,11-12H2,1-2H3/b21-10-,22-19+. The van der Waals surface area contributed by atoms with Crippen LogP contribution in [0.25, 0.3) is 0 Å². The molecule has 7 heteroatoms. The Bertz CT molecular complexity index is 883. The lowest BCUT2D eigenvalue weighted by Crippen LogP contribution is -2.29. The van der Waals surface area contributed by atoms with Gasteiger partial charge >= 0.3 is 0 Å². The molecular formula is C19H18BrN3O2S. The van der Waals surface area contributed by atoms with E-state index in [0.29, 0.717) is 23.2 Å². The summed E-state index contributed by atoms with van der Waals surface area (Å²) in [6, 6.07) is 13.7. The highest BCUT2D eigenvalue weighted by Crippen LogP contribution is 2.24. The molecule has 0 aliphatic carbocycles. The minimum atomic E-state index is 0.0484. The van der Waals surface area contributed by atoms with Crippen molar-refractivity contribution in [1.29, 1.82) is 0 Å². The number of thioether (sulfide) groups is 1. The van der Waals surface area contributed by atoms with Crippen molar-refractivity contribution >= 4 is 45.0 Å². The van der Waals surface area contributed by atoms with Gasteiger partial charge in [0.05, 0.1) is 25.6 Å². The summed E-state index contributed by atoms with van der Waals surface area (Å²) in [5.74, 6) is 1.15. The largest absolute Gasteiger partial charge is 0.496 e. The van der Waals surface area contributed by atoms with Crippen molar-refractivity contribution in [1.82, 2.24) is 4.90 Å². The van der Waals surface area contributed by atoms with Crippen molar-refractivity contribution in [2.75, 3.05) is 12.9 Å². The molecule has 0 saturated carbocycles. The van der Waals surface area contributed by atoms with Crippen LogP contribution in [-0.4, -0.2) is 35.1 Å². The molecule has 0 radical (unpaired) electrons. The minimum Gasteiger partial charge on any atom is -0.496 e. The van der Waals surface area contributed by atoms with Crippen LogP contribution in [-0.2, 0) is 11.3 Å². The van der Waals surface area contributed by atoms with Gasteiger partial charge in [-0.2, -0.15) is 5.10 Å². The minimum absolute atomic E-state index is 0.0484. The predicted molar refractivity (Wildman–Crippen MR) is 110 cm³/mol. The lowest BCUT2D eigenvalue weighted by molar-refractivity contribution is -0.124. The maximum absolute atomic E-state index is 12.2. The Hall–Kier alpha value is -2.12. The number of carbonyl (C=O) groups excluding carboxylic acids is 1. The third-order valence-corrected chi connectivity index (χ3v) is 5.42. The van der Waals surface area contributed by atoms with E-state index in [9.17, 15) is 4.79 Å². The van der Waals surface area contributed by atoms with Gasteiger partial charge in [0.1, 0.15) is 5.75 Å². The molecule has 3 rings (SSSR count). The molecule has 1 fully saturated rings. The van der Waals surface area contributed by atoms with Crippen LogP contribution in [0.2, 0.25) is 0 Å². The molecule has 0 atom stereocenters. The number of methoxy groups -OCH3 is 1. The summed E-state index contributed by atoms with van der Waals surface area (Å²) in [5, 5.41) is 9.05. The van der Waals surface area contributed by atoms with Gasteiger partial charge in [0, 0.05) is 10.0 Å². The molecule has 1 amide bonds. The van der Waals surface area contributed by atoms with E-state index in [1.165, 1.54) is 11.8 Å². The lowest BCUT2D eigenvalue weighted by Gasteiger charge is -2.16. The maximum atomic E-state index is 12.2. The van der Waals surface area contributed by atoms with Crippen LogP contribution in [0.4, 0.5) is 0 Å². The smallest absolute Gasteiger partial charge is 0.239 e. The molecule has 0 N–H and O–H groups in total. The quantitative estimate of drug-likeness (QED) is 0.525. The van der Waals surface area contributed by atoms with E-state index < -0.39 is 0 Å². The fourth-order valence-electron chi connectivity index (χ4n) is 2.53. The highest BCUT2D eigenvalue weighted by atomic mass is 79.9. The zero-order chi connectivity index (χ0) is 18.5. The molecule has 134 valence electrons. The van der Waals surface area contributed by atoms with E-state index in [1.54, 1.807) is 18.2 Å². The SMILES string of the molecule is COc1ccc(Br)cc1/C=N\N=C1\SCC(=O)N1Cc1ccccc1C. The molecule has 26 heavy (non-hydrogen) atoms. The van der Waals surface area contributed by atoms with Crippen molar-refractivity contribution in [3.05, 3.63) is 63.6 Å². The van der Waals surface area contributed by atoms with E-state index in [2.05, 4.69) is 26.1 Å². The molecule has 0 aromatic heterocycles. The second-order valence-electron chi connectivity index (χ2n) is 5.71. The number of amides is 1. The number of aryl methyl sites for hydroxylation is 1. The summed E-state index contributed by atoms with van der Waals surface area (Å²) in [4.78, 5) is 13.9. The van der Waals surface area contributed by atoms with Crippen LogP contribution in [0.15, 0.2) is 57.1 Å². The second-order valence-corrected chi connectivity index (χ2v) is 7.57. The first-order valence-corrected chi connectivity index (χ1v) is 9.78. The number of hydrogen-bond acceptors (Lipinski definition) is 5. The molecular weight excluding hydrogens is 414 g/mol.